The fourth-order valence-corrected chi connectivity index (χ4v) is 3.63. The van der Waals surface area contributed by atoms with Gasteiger partial charge in [0.2, 0.25) is 5.91 Å². The fourth-order valence-electron chi connectivity index (χ4n) is 3.63. The van der Waals surface area contributed by atoms with Crippen LogP contribution in [0, 0.1) is 0 Å². The first-order valence-corrected chi connectivity index (χ1v) is 9.42. The molecule has 2 amide bonds. The van der Waals surface area contributed by atoms with Gasteiger partial charge < -0.3 is 10.6 Å². The molecule has 0 bridgehead atoms. The summed E-state index contributed by atoms with van der Waals surface area (Å²) in [5, 5.41) is 8.02. The summed E-state index contributed by atoms with van der Waals surface area (Å²) in [6.07, 6.45) is 0.425. The number of anilines is 2. The van der Waals surface area contributed by atoms with Crippen LogP contribution in [-0.4, -0.2) is 39.2 Å². The predicted molar refractivity (Wildman–Crippen MR) is 110 cm³/mol. The first-order valence-electron chi connectivity index (χ1n) is 9.42. The second-order valence-corrected chi connectivity index (χ2v) is 7.14. The van der Waals surface area contributed by atoms with E-state index in [4.69, 9.17) is 5.73 Å². The van der Waals surface area contributed by atoms with Gasteiger partial charge in [-0.25, -0.2) is 0 Å². The van der Waals surface area contributed by atoms with Crippen molar-refractivity contribution in [1.82, 2.24) is 14.8 Å². The molecule has 1 unspecified atom stereocenters. The zero-order valence-corrected chi connectivity index (χ0v) is 16.3. The normalized spacial score (nSPS) is 15.7. The lowest BCUT2D eigenvalue weighted by Crippen LogP contribution is -2.48. The number of rotatable bonds is 4. The molecular weight excluding hydrogens is 368 g/mol. The van der Waals surface area contributed by atoms with E-state index in [1.165, 1.54) is 15.8 Å². The van der Waals surface area contributed by atoms with Crippen molar-refractivity contribution in [2.75, 3.05) is 16.3 Å². The highest BCUT2D eigenvalue weighted by Crippen LogP contribution is 2.34. The fraction of sp³-hybridized carbons (Fsp3) is 0.238. The quantitative estimate of drug-likeness (QED) is 0.736. The Labute approximate surface area is 168 Å². The molecule has 0 aliphatic carbocycles. The molecule has 0 saturated carbocycles. The van der Waals surface area contributed by atoms with E-state index in [1.54, 1.807) is 11.0 Å². The third-order valence-corrected chi connectivity index (χ3v) is 4.94. The molecule has 1 aromatic heterocycles. The number of nitrogens with two attached hydrogens (primary N) is 1. The topological polar surface area (TPSA) is 97.3 Å². The van der Waals surface area contributed by atoms with E-state index in [0.717, 1.165) is 5.69 Å². The molecule has 4 rings (SSSR count). The number of hydrogen-bond acceptors (Lipinski definition) is 5. The van der Waals surface area contributed by atoms with Crippen LogP contribution in [0.4, 0.5) is 11.4 Å². The Balaban J connectivity index is 1.73. The van der Waals surface area contributed by atoms with Crippen LogP contribution in [0.1, 0.15) is 20.0 Å². The van der Waals surface area contributed by atoms with Gasteiger partial charge in [-0.05, 0) is 38.1 Å². The van der Waals surface area contributed by atoms with Crippen molar-refractivity contribution >= 4 is 23.2 Å². The molecule has 8 heteroatoms. The number of benzene rings is 2. The molecule has 0 saturated heterocycles. The minimum absolute atomic E-state index is 0.0736. The van der Waals surface area contributed by atoms with Gasteiger partial charge in [0.1, 0.15) is 12.9 Å². The average Bonchev–Trinajstić information content (AvgIpc) is 3.19. The van der Waals surface area contributed by atoms with Gasteiger partial charge in [0.15, 0.2) is 12.0 Å². The zero-order valence-electron chi connectivity index (χ0n) is 16.3. The summed E-state index contributed by atoms with van der Waals surface area (Å²) in [5.74, 6) is -0.0829. The molecule has 0 fully saturated rings. The molecule has 2 heterocycles. The summed E-state index contributed by atoms with van der Waals surface area (Å²) in [5.41, 5.74) is 8.27. The van der Waals surface area contributed by atoms with Crippen molar-refractivity contribution < 1.29 is 9.59 Å². The Morgan fingerprint density at radius 2 is 1.83 bits per heavy atom. The minimum Gasteiger partial charge on any atom is -0.308 e. The van der Waals surface area contributed by atoms with Gasteiger partial charge in [-0.3, -0.25) is 19.1 Å². The smallest absolute Gasteiger partial charge is 0.265 e. The van der Waals surface area contributed by atoms with E-state index < -0.39 is 6.17 Å². The summed E-state index contributed by atoms with van der Waals surface area (Å²) in [7, 11) is 0. The minimum atomic E-state index is -1.01. The van der Waals surface area contributed by atoms with Crippen molar-refractivity contribution in [1.29, 1.82) is 0 Å². The van der Waals surface area contributed by atoms with Crippen LogP contribution in [0.25, 0.3) is 11.4 Å². The highest BCUT2D eigenvalue weighted by Gasteiger charge is 2.34. The van der Waals surface area contributed by atoms with Crippen molar-refractivity contribution in [3.63, 3.8) is 0 Å². The number of para-hydroxylation sites is 2. The van der Waals surface area contributed by atoms with Crippen LogP contribution in [-0.2, 0) is 9.59 Å². The third-order valence-electron chi connectivity index (χ3n) is 4.94. The molecular formula is C21H22N6O2. The lowest BCUT2D eigenvalue weighted by molar-refractivity contribution is -0.124. The van der Waals surface area contributed by atoms with Crippen LogP contribution in [0.2, 0.25) is 0 Å². The molecule has 1 aliphatic heterocycles. The summed E-state index contributed by atoms with van der Waals surface area (Å²) in [6.45, 7) is 3.75. The van der Waals surface area contributed by atoms with Crippen molar-refractivity contribution in [2.24, 2.45) is 5.73 Å². The molecule has 148 valence electrons. The molecule has 1 atom stereocenters. The zero-order chi connectivity index (χ0) is 20.5. The van der Waals surface area contributed by atoms with E-state index in [9.17, 15) is 9.59 Å². The van der Waals surface area contributed by atoms with E-state index >= 15 is 0 Å². The monoisotopic (exact) mass is 390 g/mol. The number of amides is 2. The predicted octanol–water partition coefficient (Wildman–Crippen LogP) is 2.19. The second-order valence-electron chi connectivity index (χ2n) is 7.14. The number of aromatic nitrogens is 3. The Hall–Kier alpha value is -3.52. The number of hydrogen-bond donors (Lipinski definition) is 1. The molecule has 8 nitrogen and oxygen atoms in total. The maximum Gasteiger partial charge on any atom is 0.265 e. The molecule has 0 spiro atoms. The molecule has 29 heavy (non-hydrogen) atoms. The number of fused-ring (bicyclic) bond motifs is 3. The van der Waals surface area contributed by atoms with Gasteiger partial charge in [-0.2, -0.15) is 0 Å². The Morgan fingerprint density at radius 3 is 2.55 bits per heavy atom. The van der Waals surface area contributed by atoms with Gasteiger partial charge in [-0.1, -0.05) is 30.3 Å². The van der Waals surface area contributed by atoms with E-state index in [0.29, 0.717) is 17.1 Å². The number of carbonyl (C=O) groups is 2. The lowest BCUT2D eigenvalue weighted by atomic mass is 10.1. The summed E-state index contributed by atoms with van der Waals surface area (Å²) in [4.78, 5) is 29.6. The highest BCUT2D eigenvalue weighted by molar-refractivity contribution is 6.07. The van der Waals surface area contributed by atoms with Crippen molar-refractivity contribution in [3.8, 4) is 11.4 Å². The van der Waals surface area contributed by atoms with E-state index in [2.05, 4.69) is 10.2 Å². The standard InChI is InChI=1S/C21H22N6O2/c1-14(2)27(15-8-4-3-5-9-15)18(28)12-25-17-11-7-6-10-16(17)20-24-23-13-26(20)19(22)21(25)29/h3-11,13-14,19H,12,22H2,1-2H3. The molecule has 3 aromatic rings. The largest absolute Gasteiger partial charge is 0.308 e. The molecule has 2 N–H and O–H groups in total. The van der Waals surface area contributed by atoms with Crippen LogP contribution in [0.3, 0.4) is 0 Å². The van der Waals surface area contributed by atoms with Crippen LogP contribution in [0.15, 0.2) is 60.9 Å². The average molecular weight is 390 g/mol. The van der Waals surface area contributed by atoms with Crippen LogP contribution >= 0.6 is 0 Å². The van der Waals surface area contributed by atoms with Crippen molar-refractivity contribution in [3.05, 3.63) is 60.9 Å². The van der Waals surface area contributed by atoms with Gasteiger partial charge in [-0.15, -0.1) is 10.2 Å². The maximum atomic E-state index is 13.3. The second kappa shape index (κ2) is 7.48. The van der Waals surface area contributed by atoms with Gasteiger partial charge in [0.25, 0.3) is 5.91 Å². The molecule has 0 radical (unpaired) electrons. The van der Waals surface area contributed by atoms with Gasteiger partial charge >= 0.3 is 0 Å². The first-order chi connectivity index (χ1) is 14.0. The number of nitrogens with zero attached hydrogens (tertiary/aromatic N) is 5. The van der Waals surface area contributed by atoms with E-state index in [-0.39, 0.29) is 24.4 Å². The molecule has 2 aromatic carbocycles. The summed E-state index contributed by atoms with van der Waals surface area (Å²) < 4.78 is 1.53. The van der Waals surface area contributed by atoms with Gasteiger partial charge in [0, 0.05) is 17.3 Å². The summed E-state index contributed by atoms with van der Waals surface area (Å²) >= 11 is 0. The highest BCUT2D eigenvalue weighted by atomic mass is 16.2. The Morgan fingerprint density at radius 1 is 1.14 bits per heavy atom. The van der Waals surface area contributed by atoms with Crippen LogP contribution in [0.5, 0.6) is 0 Å². The molecule has 1 aliphatic rings. The maximum absolute atomic E-state index is 13.3. The van der Waals surface area contributed by atoms with E-state index in [1.807, 2.05) is 62.4 Å². The van der Waals surface area contributed by atoms with Gasteiger partial charge in [0.05, 0.1) is 5.69 Å². The Kier molecular flexibility index (Phi) is 4.85. The SMILES string of the molecule is CC(C)N(C(=O)CN1C(=O)C(N)n2cnnc2-c2ccccc21)c1ccccc1. The summed E-state index contributed by atoms with van der Waals surface area (Å²) in [6, 6.07) is 16.6. The van der Waals surface area contributed by atoms with Crippen molar-refractivity contribution in [2.45, 2.75) is 26.1 Å². The first kappa shape index (κ1) is 18.8. The van der Waals surface area contributed by atoms with Crippen LogP contribution < -0.4 is 15.5 Å². The number of carbonyl (C=O) groups excluding carboxylic acids is 2. The Bertz CT molecular complexity index is 1050. The lowest BCUT2D eigenvalue weighted by Gasteiger charge is -2.31. The third kappa shape index (κ3) is 3.27.